The minimum Gasteiger partial charge on any atom is -0.352 e. The Morgan fingerprint density at radius 1 is 0.857 bits per heavy atom. The summed E-state index contributed by atoms with van der Waals surface area (Å²) in [5.74, 6) is -2.27. The van der Waals surface area contributed by atoms with E-state index < -0.39 is 39.4 Å². The van der Waals surface area contributed by atoms with E-state index in [1.54, 1.807) is 6.92 Å². The first-order valence-corrected chi connectivity index (χ1v) is 13.2. The Morgan fingerprint density at radius 2 is 1.26 bits per heavy atom. The molecule has 2 bridgehead atoms. The van der Waals surface area contributed by atoms with E-state index in [1.165, 1.54) is 0 Å². The quantitative estimate of drug-likeness (QED) is 0.482. The molecule has 2 aromatic carbocycles. The van der Waals surface area contributed by atoms with E-state index in [0.717, 1.165) is 52.8 Å². The number of rotatable bonds is 3. The van der Waals surface area contributed by atoms with E-state index >= 15 is 0 Å². The second-order valence-corrected chi connectivity index (χ2v) is 11.9. The molecule has 1 aliphatic heterocycles. The molecule has 7 heteroatoms. The van der Waals surface area contributed by atoms with Crippen molar-refractivity contribution in [3.8, 4) is 0 Å². The lowest BCUT2D eigenvalue weighted by Gasteiger charge is -2.54. The van der Waals surface area contributed by atoms with Crippen molar-refractivity contribution >= 4 is 40.9 Å². The van der Waals surface area contributed by atoms with Crippen LogP contribution in [0.2, 0.25) is 0 Å². The number of alkyl halides is 2. The van der Waals surface area contributed by atoms with Gasteiger partial charge in [-0.3, -0.25) is 19.3 Å². The minimum atomic E-state index is -1.23. The van der Waals surface area contributed by atoms with Gasteiger partial charge in [-0.2, -0.15) is 0 Å². The van der Waals surface area contributed by atoms with Gasteiger partial charge in [0.15, 0.2) is 0 Å². The number of hydrogen-bond acceptors (Lipinski definition) is 3. The molecule has 2 fully saturated rings. The molecule has 1 saturated carbocycles. The molecule has 0 aromatic heterocycles. The maximum absolute atomic E-state index is 14.0. The van der Waals surface area contributed by atoms with Crippen LogP contribution in [-0.2, 0) is 24.1 Å². The van der Waals surface area contributed by atoms with Crippen LogP contribution in [0.5, 0.6) is 0 Å². The topological polar surface area (TPSA) is 66.5 Å². The van der Waals surface area contributed by atoms with E-state index in [2.05, 4.69) is 12.2 Å². The summed E-state index contributed by atoms with van der Waals surface area (Å²) in [6.07, 6.45) is 3.94. The largest absolute Gasteiger partial charge is 0.352 e. The van der Waals surface area contributed by atoms with Crippen LogP contribution in [-0.4, -0.2) is 34.7 Å². The van der Waals surface area contributed by atoms with Gasteiger partial charge in [-0.15, -0.1) is 23.2 Å². The highest BCUT2D eigenvalue weighted by Crippen LogP contribution is 2.69. The predicted molar refractivity (Wildman–Crippen MR) is 134 cm³/mol. The fourth-order valence-electron chi connectivity index (χ4n) is 6.91. The van der Waals surface area contributed by atoms with E-state index in [4.69, 9.17) is 23.2 Å². The number of imide groups is 1. The molecule has 0 radical (unpaired) electrons. The van der Waals surface area contributed by atoms with Crippen molar-refractivity contribution < 1.29 is 14.4 Å². The molecule has 0 spiro atoms. The number of nitrogens with zero attached hydrogens (tertiary/aromatic N) is 1. The molecule has 5 aliphatic rings. The van der Waals surface area contributed by atoms with Gasteiger partial charge in [0.05, 0.1) is 11.8 Å². The maximum atomic E-state index is 14.0. The molecule has 4 aliphatic carbocycles. The molecule has 3 atom stereocenters. The summed E-state index contributed by atoms with van der Waals surface area (Å²) in [6.45, 7) is 3.84. The Hall–Kier alpha value is -2.37. The van der Waals surface area contributed by atoms with Gasteiger partial charge in [-0.05, 0) is 60.8 Å². The second kappa shape index (κ2) is 7.81. The number of benzene rings is 2. The SMILES string of the molecule is CC1CCC(NC(=O)[C@@H](C)N2C(=O)[C@@H]3[C@H](C2=O)C2(Cl)c4ccccc4C3(Cl)c3ccccc32)CC1. The molecule has 35 heavy (non-hydrogen) atoms. The lowest BCUT2D eigenvalue weighted by Crippen LogP contribution is -2.57. The highest BCUT2D eigenvalue weighted by atomic mass is 35.5. The molecule has 1 heterocycles. The van der Waals surface area contributed by atoms with Crippen LogP contribution < -0.4 is 5.32 Å². The van der Waals surface area contributed by atoms with Gasteiger partial charge < -0.3 is 5.32 Å². The Labute approximate surface area is 215 Å². The standard InChI is InChI=1S/C28H28Cl2N2O3/c1-15-11-13-17(14-12-15)31-24(33)16(2)32-25(34)22-23(26(32)35)28(30)19-8-4-3-7-18(19)27(22,29)20-9-5-6-10-21(20)28/h3-10,15-17,22-23H,11-14H2,1-2H3,(H,31,33)/t15?,16-,17?,22-,23+,27?,28?/m1/s1. The van der Waals surface area contributed by atoms with Gasteiger partial charge in [0, 0.05) is 6.04 Å². The normalized spacial score (nSPS) is 35.8. The van der Waals surface area contributed by atoms with Crippen LogP contribution in [0.3, 0.4) is 0 Å². The summed E-state index contributed by atoms with van der Waals surface area (Å²) in [6, 6.07) is 14.2. The van der Waals surface area contributed by atoms with E-state index in [1.807, 2.05) is 48.5 Å². The van der Waals surface area contributed by atoms with Crippen molar-refractivity contribution in [2.24, 2.45) is 17.8 Å². The first-order chi connectivity index (χ1) is 16.7. The fourth-order valence-corrected chi connectivity index (χ4v) is 8.01. The van der Waals surface area contributed by atoms with Crippen LogP contribution >= 0.6 is 23.2 Å². The first-order valence-electron chi connectivity index (χ1n) is 12.5. The van der Waals surface area contributed by atoms with Crippen LogP contribution in [0, 0.1) is 17.8 Å². The molecule has 3 amide bonds. The number of hydrogen-bond donors (Lipinski definition) is 1. The molecule has 0 unspecified atom stereocenters. The fraction of sp³-hybridized carbons (Fsp3) is 0.464. The second-order valence-electron chi connectivity index (χ2n) is 10.7. The van der Waals surface area contributed by atoms with Crippen molar-refractivity contribution in [3.05, 3.63) is 70.8 Å². The summed E-state index contributed by atoms with van der Waals surface area (Å²) in [4.78, 5) is 39.8. The first kappa shape index (κ1) is 23.1. The summed E-state index contributed by atoms with van der Waals surface area (Å²) in [5.41, 5.74) is 3.03. The van der Waals surface area contributed by atoms with Gasteiger partial charge in [0.2, 0.25) is 17.7 Å². The average Bonchev–Trinajstić information content (AvgIpc) is 3.14. The number of nitrogens with one attached hydrogen (secondary N) is 1. The zero-order valence-electron chi connectivity index (χ0n) is 19.8. The lowest BCUT2D eigenvalue weighted by molar-refractivity contribution is -0.147. The van der Waals surface area contributed by atoms with Crippen LogP contribution in [0.25, 0.3) is 0 Å². The van der Waals surface area contributed by atoms with Crippen molar-refractivity contribution in [3.63, 3.8) is 0 Å². The van der Waals surface area contributed by atoms with E-state index in [-0.39, 0.29) is 11.9 Å². The van der Waals surface area contributed by atoms with E-state index in [9.17, 15) is 14.4 Å². The van der Waals surface area contributed by atoms with Crippen molar-refractivity contribution in [2.45, 2.75) is 61.4 Å². The zero-order chi connectivity index (χ0) is 24.7. The van der Waals surface area contributed by atoms with Gasteiger partial charge in [0.1, 0.15) is 15.8 Å². The van der Waals surface area contributed by atoms with Crippen LogP contribution in [0.4, 0.5) is 0 Å². The third-order valence-corrected chi connectivity index (χ3v) is 10.0. The molecule has 5 nitrogen and oxygen atoms in total. The monoisotopic (exact) mass is 510 g/mol. The Morgan fingerprint density at radius 3 is 1.66 bits per heavy atom. The average molecular weight is 511 g/mol. The van der Waals surface area contributed by atoms with Crippen LogP contribution in [0.15, 0.2) is 48.5 Å². The van der Waals surface area contributed by atoms with Crippen molar-refractivity contribution in [2.75, 3.05) is 0 Å². The van der Waals surface area contributed by atoms with Crippen molar-refractivity contribution in [1.29, 1.82) is 0 Å². The van der Waals surface area contributed by atoms with Gasteiger partial charge in [0.25, 0.3) is 0 Å². The highest BCUT2D eigenvalue weighted by Gasteiger charge is 2.73. The number of carbonyl (C=O) groups is 3. The Kier molecular flexibility index (Phi) is 5.15. The molecular formula is C28H28Cl2N2O3. The summed E-state index contributed by atoms with van der Waals surface area (Å²) in [7, 11) is 0. The lowest BCUT2D eigenvalue weighted by atomic mass is 9.54. The Balaban J connectivity index is 1.40. The summed E-state index contributed by atoms with van der Waals surface area (Å²) < 4.78 is 0. The molecule has 7 rings (SSSR count). The van der Waals surface area contributed by atoms with Gasteiger partial charge in [-0.25, -0.2) is 0 Å². The molecule has 1 N–H and O–H groups in total. The molecular weight excluding hydrogens is 483 g/mol. The molecule has 182 valence electrons. The van der Waals surface area contributed by atoms with Crippen molar-refractivity contribution in [1.82, 2.24) is 10.2 Å². The van der Waals surface area contributed by atoms with E-state index in [0.29, 0.717) is 5.92 Å². The minimum absolute atomic E-state index is 0.0691. The summed E-state index contributed by atoms with van der Waals surface area (Å²) >= 11 is 14.9. The summed E-state index contributed by atoms with van der Waals surface area (Å²) in [5, 5.41) is 3.08. The van der Waals surface area contributed by atoms with Crippen LogP contribution in [0.1, 0.15) is 61.8 Å². The predicted octanol–water partition coefficient (Wildman–Crippen LogP) is 4.66. The molecule has 1 saturated heterocycles. The third kappa shape index (κ3) is 2.91. The maximum Gasteiger partial charge on any atom is 0.243 e. The highest BCUT2D eigenvalue weighted by molar-refractivity contribution is 6.36. The number of carbonyl (C=O) groups excluding carboxylic acids is 3. The molecule has 2 aromatic rings. The number of halogens is 2. The number of amides is 3. The van der Waals surface area contributed by atoms with Gasteiger partial charge in [-0.1, -0.05) is 55.5 Å². The third-order valence-electron chi connectivity index (χ3n) is 8.75. The smallest absolute Gasteiger partial charge is 0.243 e. The van der Waals surface area contributed by atoms with Gasteiger partial charge >= 0.3 is 0 Å². The number of likely N-dealkylation sites (tertiary alicyclic amines) is 1. The zero-order valence-corrected chi connectivity index (χ0v) is 21.3. The Bertz CT molecular complexity index is 1130.